The minimum Gasteiger partial charge on any atom is -0.486 e. The van der Waals surface area contributed by atoms with Gasteiger partial charge in [0.2, 0.25) is 0 Å². The van der Waals surface area contributed by atoms with Crippen molar-refractivity contribution in [3.63, 3.8) is 0 Å². The van der Waals surface area contributed by atoms with Crippen LogP contribution in [-0.4, -0.2) is 51.9 Å². The zero-order valence-electron chi connectivity index (χ0n) is 17.3. The molecule has 32 heavy (non-hydrogen) atoms. The van der Waals surface area contributed by atoms with Gasteiger partial charge < -0.3 is 25.0 Å². The first-order chi connectivity index (χ1) is 15.5. The highest BCUT2D eigenvalue weighted by Gasteiger charge is 2.19. The molecule has 5 rings (SSSR count). The van der Waals surface area contributed by atoms with Crippen LogP contribution in [0.5, 0.6) is 11.5 Å². The summed E-state index contributed by atoms with van der Waals surface area (Å²) in [5.74, 6) is -0.975. The Labute approximate surface area is 188 Å². The number of aliphatic carboxylic acids is 2. The molecule has 1 aromatic carbocycles. The molecule has 0 atom stereocenters. The molecule has 0 radical (unpaired) electrons. The van der Waals surface area contributed by atoms with Crippen molar-refractivity contribution in [2.24, 2.45) is 0 Å². The van der Waals surface area contributed by atoms with Crippen molar-refractivity contribution in [3.05, 3.63) is 40.5 Å². The summed E-state index contributed by atoms with van der Waals surface area (Å²) >= 11 is 1.84. The van der Waals surface area contributed by atoms with Gasteiger partial charge in [0.15, 0.2) is 11.5 Å². The molecule has 0 spiro atoms. The summed E-state index contributed by atoms with van der Waals surface area (Å²) in [5.41, 5.74) is 2.71. The maximum absolute atomic E-state index is 9.10. The maximum atomic E-state index is 9.10. The van der Waals surface area contributed by atoms with E-state index in [-0.39, 0.29) is 0 Å². The minimum absolute atomic E-state index is 0.622. The molecule has 0 amide bonds. The van der Waals surface area contributed by atoms with Crippen molar-refractivity contribution < 1.29 is 29.3 Å². The normalized spacial score (nSPS) is 14.1. The number of aromatic nitrogens is 2. The van der Waals surface area contributed by atoms with E-state index < -0.39 is 11.9 Å². The van der Waals surface area contributed by atoms with Crippen LogP contribution in [0.3, 0.4) is 0 Å². The fraction of sp³-hybridized carbons (Fsp3) is 0.364. The number of nitrogens with one attached hydrogen (secondary N) is 1. The van der Waals surface area contributed by atoms with E-state index in [9.17, 15) is 0 Å². The van der Waals surface area contributed by atoms with Gasteiger partial charge in [0.05, 0.1) is 5.39 Å². The van der Waals surface area contributed by atoms with Crippen molar-refractivity contribution in [3.8, 4) is 11.5 Å². The predicted octanol–water partition coefficient (Wildman–Crippen LogP) is 3.15. The number of carbonyl (C=O) groups is 2. The molecule has 0 bridgehead atoms. The second-order valence-corrected chi connectivity index (χ2v) is 8.46. The lowest BCUT2D eigenvalue weighted by Crippen LogP contribution is -2.15. The van der Waals surface area contributed by atoms with E-state index in [1.807, 2.05) is 17.4 Å². The number of fused-ring (bicyclic) bond motifs is 4. The lowest BCUT2D eigenvalue weighted by Gasteiger charge is -2.19. The number of rotatable bonds is 4. The van der Waals surface area contributed by atoms with Gasteiger partial charge in [-0.25, -0.2) is 19.6 Å². The zero-order valence-corrected chi connectivity index (χ0v) is 18.1. The molecule has 2 aromatic heterocycles. The van der Waals surface area contributed by atoms with Crippen LogP contribution in [0.15, 0.2) is 24.5 Å². The van der Waals surface area contributed by atoms with Crippen LogP contribution in [0, 0.1) is 0 Å². The monoisotopic (exact) mass is 457 g/mol. The van der Waals surface area contributed by atoms with E-state index >= 15 is 0 Å². The molecule has 3 heterocycles. The van der Waals surface area contributed by atoms with Gasteiger partial charge in [-0.05, 0) is 55.4 Å². The van der Waals surface area contributed by atoms with E-state index in [1.54, 1.807) is 6.33 Å². The van der Waals surface area contributed by atoms with Crippen LogP contribution < -0.4 is 14.8 Å². The molecule has 1 aliphatic carbocycles. The fourth-order valence-corrected chi connectivity index (χ4v) is 5.02. The Kier molecular flexibility index (Phi) is 6.69. The van der Waals surface area contributed by atoms with Crippen LogP contribution in [0.1, 0.15) is 28.8 Å². The van der Waals surface area contributed by atoms with Crippen molar-refractivity contribution in [1.82, 2.24) is 9.97 Å². The Hall–Kier alpha value is -3.40. The highest BCUT2D eigenvalue weighted by molar-refractivity contribution is 7.19. The topological polar surface area (TPSA) is 131 Å². The van der Waals surface area contributed by atoms with Gasteiger partial charge in [-0.2, -0.15) is 0 Å². The summed E-state index contributed by atoms with van der Waals surface area (Å²) in [6, 6.07) is 6.19. The lowest BCUT2D eigenvalue weighted by molar-refractivity contribution is -0.159. The van der Waals surface area contributed by atoms with Crippen molar-refractivity contribution >= 4 is 39.3 Å². The van der Waals surface area contributed by atoms with Gasteiger partial charge in [0.1, 0.15) is 30.2 Å². The third-order valence-electron chi connectivity index (χ3n) is 5.25. The molecule has 10 heteroatoms. The van der Waals surface area contributed by atoms with Crippen molar-refractivity contribution in [1.29, 1.82) is 0 Å². The molecule has 0 unspecified atom stereocenters. The molecular weight excluding hydrogens is 434 g/mol. The number of hydrogen-bond acceptors (Lipinski definition) is 8. The molecule has 0 fully saturated rings. The first-order valence-electron chi connectivity index (χ1n) is 10.4. The van der Waals surface area contributed by atoms with E-state index in [0.717, 1.165) is 41.5 Å². The summed E-state index contributed by atoms with van der Waals surface area (Å²) < 4.78 is 11.3. The molecular formula is C22H23N3O6S. The molecule has 3 aromatic rings. The summed E-state index contributed by atoms with van der Waals surface area (Å²) in [5, 5.41) is 19.6. The summed E-state index contributed by atoms with van der Waals surface area (Å²) in [7, 11) is 0. The number of ether oxygens (including phenoxy) is 2. The van der Waals surface area contributed by atoms with Crippen LogP contribution in [0.4, 0.5) is 5.82 Å². The zero-order chi connectivity index (χ0) is 22.5. The van der Waals surface area contributed by atoms with Crippen LogP contribution >= 0.6 is 11.3 Å². The third-order valence-corrected chi connectivity index (χ3v) is 6.45. The van der Waals surface area contributed by atoms with E-state index in [4.69, 9.17) is 29.3 Å². The Morgan fingerprint density at radius 2 is 1.78 bits per heavy atom. The lowest BCUT2D eigenvalue weighted by atomic mass is 9.97. The molecule has 0 saturated carbocycles. The maximum Gasteiger partial charge on any atom is 0.414 e. The van der Waals surface area contributed by atoms with E-state index in [2.05, 4.69) is 27.4 Å². The standard InChI is InChI=1S/C20H21N3O2S.C2H2O4/c1-2-4-17-14(3-1)18-19(22-12-23-20(18)26-17)21-8-7-13-5-6-15-16(11-13)25-10-9-24-15;3-1(4)2(5)6/h5-6,11-12H,1-4,7-10H2,(H,21,22,23);(H,3,4)(H,5,6). The summed E-state index contributed by atoms with van der Waals surface area (Å²) in [6.45, 7) is 2.08. The molecule has 9 nitrogen and oxygen atoms in total. The summed E-state index contributed by atoms with van der Waals surface area (Å²) in [4.78, 5) is 29.8. The molecule has 168 valence electrons. The number of carboxylic acids is 2. The van der Waals surface area contributed by atoms with Crippen LogP contribution in [0.2, 0.25) is 0 Å². The Balaban J connectivity index is 0.000000363. The number of thiophene rings is 1. The van der Waals surface area contributed by atoms with Gasteiger partial charge >= 0.3 is 11.9 Å². The molecule has 0 saturated heterocycles. The van der Waals surface area contributed by atoms with Gasteiger partial charge in [0.25, 0.3) is 0 Å². The van der Waals surface area contributed by atoms with Crippen molar-refractivity contribution in [2.75, 3.05) is 25.1 Å². The Morgan fingerprint density at radius 3 is 2.56 bits per heavy atom. The number of benzene rings is 1. The highest BCUT2D eigenvalue weighted by Crippen LogP contribution is 2.38. The average molecular weight is 458 g/mol. The van der Waals surface area contributed by atoms with E-state index in [0.29, 0.717) is 13.2 Å². The minimum atomic E-state index is -1.82. The highest BCUT2D eigenvalue weighted by atomic mass is 32.1. The Bertz CT molecular complexity index is 1130. The first kappa shape index (κ1) is 21.8. The first-order valence-corrected chi connectivity index (χ1v) is 11.2. The smallest absolute Gasteiger partial charge is 0.414 e. The van der Waals surface area contributed by atoms with Gasteiger partial charge in [-0.3, -0.25) is 0 Å². The van der Waals surface area contributed by atoms with Gasteiger partial charge in [0, 0.05) is 11.4 Å². The van der Waals surface area contributed by atoms with Crippen LogP contribution in [-0.2, 0) is 28.9 Å². The predicted molar refractivity (Wildman–Crippen MR) is 119 cm³/mol. The van der Waals surface area contributed by atoms with Gasteiger partial charge in [-0.1, -0.05) is 6.07 Å². The third kappa shape index (κ3) is 4.91. The number of nitrogens with zero attached hydrogens (tertiary/aromatic N) is 2. The van der Waals surface area contributed by atoms with Crippen LogP contribution in [0.25, 0.3) is 10.2 Å². The fourth-order valence-electron chi connectivity index (χ4n) is 3.79. The van der Waals surface area contributed by atoms with Crippen molar-refractivity contribution in [2.45, 2.75) is 32.1 Å². The number of hydrogen-bond donors (Lipinski definition) is 3. The number of aryl methyl sites for hydroxylation is 2. The summed E-state index contributed by atoms with van der Waals surface area (Å²) in [6.07, 6.45) is 7.49. The molecule has 2 aliphatic rings. The quantitative estimate of drug-likeness (QED) is 0.506. The average Bonchev–Trinajstić information content (AvgIpc) is 3.19. The Morgan fingerprint density at radius 1 is 1.03 bits per heavy atom. The number of anilines is 1. The second-order valence-electron chi connectivity index (χ2n) is 7.38. The largest absolute Gasteiger partial charge is 0.486 e. The molecule has 3 N–H and O–H groups in total. The molecule has 1 aliphatic heterocycles. The second kappa shape index (κ2) is 9.82. The van der Waals surface area contributed by atoms with E-state index in [1.165, 1.54) is 40.7 Å². The SMILES string of the molecule is O=C(O)C(=O)O.c1nc(NCCc2ccc3c(c2)OCCO3)c2c3c(sc2n1)CCCC3. The van der Waals surface area contributed by atoms with Gasteiger partial charge in [-0.15, -0.1) is 11.3 Å². The number of carboxylic acid groups (broad SMARTS) is 2.